The highest BCUT2D eigenvalue weighted by Crippen LogP contribution is 2.18. The maximum Gasteiger partial charge on any atom is 0.319 e. The molecule has 0 radical (unpaired) electrons. The molecule has 0 aliphatic rings. The summed E-state index contributed by atoms with van der Waals surface area (Å²) < 4.78 is 2.12. The molecule has 0 aliphatic carbocycles. The number of amides is 3. The van der Waals surface area contributed by atoms with E-state index in [0.29, 0.717) is 23.7 Å². The highest BCUT2D eigenvalue weighted by Gasteiger charge is 2.10. The van der Waals surface area contributed by atoms with E-state index in [1.54, 1.807) is 24.3 Å². The Morgan fingerprint density at radius 3 is 2.39 bits per heavy atom. The predicted molar refractivity (Wildman–Crippen MR) is 124 cm³/mol. The van der Waals surface area contributed by atoms with Crippen LogP contribution in [0.2, 0.25) is 0 Å². The molecule has 1 aromatic heterocycles. The Kier molecular flexibility index (Phi) is 7.07. The van der Waals surface area contributed by atoms with Crippen molar-refractivity contribution in [1.29, 1.82) is 0 Å². The largest absolute Gasteiger partial charge is 0.336 e. The summed E-state index contributed by atoms with van der Waals surface area (Å²) in [5, 5.41) is 8.44. The number of hydrogen-bond acceptors (Lipinski definition) is 3. The number of imidazole rings is 1. The molecular weight excluding hydrogens is 390 g/mol. The first-order valence-corrected chi connectivity index (χ1v) is 10.4. The van der Waals surface area contributed by atoms with Gasteiger partial charge in [-0.15, -0.1) is 0 Å². The second kappa shape index (κ2) is 9.93. The molecule has 0 aliphatic heterocycles. The van der Waals surface area contributed by atoms with Crippen LogP contribution in [0.3, 0.4) is 0 Å². The molecule has 162 valence electrons. The van der Waals surface area contributed by atoms with Crippen LogP contribution in [0, 0.1) is 0 Å². The molecule has 3 amide bonds. The maximum absolute atomic E-state index is 12.6. The molecule has 0 saturated carbocycles. The Balaban J connectivity index is 1.63. The van der Waals surface area contributed by atoms with Crippen molar-refractivity contribution in [3.05, 3.63) is 77.9 Å². The molecule has 3 N–H and O–H groups in total. The van der Waals surface area contributed by atoms with Crippen LogP contribution in [0.25, 0.3) is 0 Å². The second-order valence-electron chi connectivity index (χ2n) is 8.05. The van der Waals surface area contributed by atoms with E-state index in [0.717, 1.165) is 17.1 Å². The molecular formula is C24H29N5O2. The molecule has 2 aromatic carbocycles. The number of hydrogen-bond donors (Lipinski definition) is 3. The lowest BCUT2D eigenvalue weighted by Gasteiger charge is -2.12. The third kappa shape index (κ3) is 6.18. The van der Waals surface area contributed by atoms with E-state index in [4.69, 9.17) is 0 Å². The van der Waals surface area contributed by atoms with E-state index in [1.807, 2.05) is 50.5 Å². The number of urea groups is 1. The van der Waals surface area contributed by atoms with E-state index in [2.05, 4.69) is 39.3 Å². The van der Waals surface area contributed by atoms with Crippen LogP contribution in [-0.2, 0) is 6.54 Å². The van der Waals surface area contributed by atoms with Gasteiger partial charge in [-0.2, -0.15) is 0 Å². The Hall–Kier alpha value is -3.61. The fraction of sp³-hybridized carbons (Fsp3) is 0.292. The van der Waals surface area contributed by atoms with E-state index in [-0.39, 0.29) is 18.0 Å². The smallest absolute Gasteiger partial charge is 0.319 e. The standard InChI is InChI=1S/C24H29N5O2/c1-16(2)22-25-12-13-29(22)15-18-6-5-7-21(14-18)27-23(30)19-8-10-20(11-9-19)28-24(31)26-17(3)4/h5-14,16-17H,15H2,1-4H3,(H,27,30)(H2,26,28,31). The predicted octanol–water partition coefficient (Wildman–Crippen LogP) is 4.84. The van der Waals surface area contributed by atoms with Gasteiger partial charge in [0.2, 0.25) is 0 Å². The molecule has 0 fully saturated rings. The van der Waals surface area contributed by atoms with Crippen molar-refractivity contribution >= 4 is 23.3 Å². The van der Waals surface area contributed by atoms with Gasteiger partial charge in [0.1, 0.15) is 5.82 Å². The van der Waals surface area contributed by atoms with Gasteiger partial charge in [0.15, 0.2) is 0 Å². The van der Waals surface area contributed by atoms with Crippen molar-refractivity contribution < 1.29 is 9.59 Å². The molecule has 0 bridgehead atoms. The highest BCUT2D eigenvalue weighted by atomic mass is 16.2. The van der Waals surface area contributed by atoms with Gasteiger partial charge in [-0.05, 0) is 55.8 Å². The summed E-state index contributed by atoms with van der Waals surface area (Å²) in [6.45, 7) is 8.71. The number of benzene rings is 2. The SMILES string of the molecule is CC(C)NC(=O)Nc1ccc(C(=O)Nc2cccc(Cn3ccnc3C(C)C)c2)cc1. The van der Waals surface area contributed by atoms with Crippen molar-refractivity contribution in [2.24, 2.45) is 0 Å². The highest BCUT2D eigenvalue weighted by molar-refractivity contribution is 6.04. The minimum atomic E-state index is -0.275. The summed E-state index contributed by atoms with van der Waals surface area (Å²) >= 11 is 0. The number of anilines is 2. The van der Waals surface area contributed by atoms with Gasteiger partial charge in [-0.25, -0.2) is 9.78 Å². The van der Waals surface area contributed by atoms with E-state index < -0.39 is 0 Å². The third-order valence-corrected chi connectivity index (χ3v) is 4.63. The minimum absolute atomic E-state index is 0.0477. The third-order valence-electron chi connectivity index (χ3n) is 4.63. The van der Waals surface area contributed by atoms with Crippen LogP contribution in [0.4, 0.5) is 16.2 Å². The molecule has 3 rings (SSSR count). The molecule has 31 heavy (non-hydrogen) atoms. The number of nitrogens with one attached hydrogen (secondary N) is 3. The first kappa shape index (κ1) is 22.1. The lowest BCUT2D eigenvalue weighted by atomic mass is 10.1. The van der Waals surface area contributed by atoms with Crippen molar-refractivity contribution in [1.82, 2.24) is 14.9 Å². The zero-order valence-electron chi connectivity index (χ0n) is 18.3. The number of carbonyl (C=O) groups excluding carboxylic acids is 2. The van der Waals surface area contributed by atoms with Crippen LogP contribution in [0.1, 0.15) is 55.4 Å². The number of aromatic nitrogens is 2. The van der Waals surface area contributed by atoms with Crippen LogP contribution >= 0.6 is 0 Å². The monoisotopic (exact) mass is 419 g/mol. The first-order chi connectivity index (χ1) is 14.8. The molecule has 3 aromatic rings. The zero-order chi connectivity index (χ0) is 22.4. The van der Waals surface area contributed by atoms with Gasteiger partial charge in [0, 0.05) is 47.8 Å². The van der Waals surface area contributed by atoms with Crippen molar-refractivity contribution in [3.8, 4) is 0 Å². The minimum Gasteiger partial charge on any atom is -0.336 e. The first-order valence-electron chi connectivity index (χ1n) is 10.4. The lowest BCUT2D eigenvalue weighted by Crippen LogP contribution is -2.34. The summed E-state index contributed by atoms with van der Waals surface area (Å²) in [7, 11) is 0. The topological polar surface area (TPSA) is 88.0 Å². The Morgan fingerprint density at radius 2 is 1.71 bits per heavy atom. The van der Waals surface area contributed by atoms with Gasteiger partial charge >= 0.3 is 6.03 Å². The van der Waals surface area contributed by atoms with Gasteiger partial charge < -0.3 is 20.5 Å². The molecule has 0 spiro atoms. The fourth-order valence-corrected chi connectivity index (χ4v) is 3.24. The van der Waals surface area contributed by atoms with E-state index >= 15 is 0 Å². The van der Waals surface area contributed by atoms with E-state index in [1.165, 1.54) is 0 Å². The summed E-state index contributed by atoms with van der Waals surface area (Å²) in [5.41, 5.74) is 2.94. The van der Waals surface area contributed by atoms with E-state index in [9.17, 15) is 9.59 Å². The number of nitrogens with zero attached hydrogens (tertiary/aromatic N) is 2. The Labute approximate surface area is 182 Å². The fourth-order valence-electron chi connectivity index (χ4n) is 3.24. The van der Waals surface area contributed by atoms with Gasteiger partial charge in [-0.3, -0.25) is 4.79 Å². The quantitative estimate of drug-likeness (QED) is 0.512. The van der Waals surface area contributed by atoms with Gasteiger partial charge in [-0.1, -0.05) is 26.0 Å². The van der Waals surface area contributed by atoms with Crippen LogP contribution < -0.4 is 16.0 Å². The molecule has 0 saturated heterocycles. The van der Waals surface area contributed by atoms with Gasteiger partial charge in [0.05, 0.1) is 0 Å². The molecule has 7 heteroatoms. The maximum atomic E-state index is 12.6. The second-order valence-corrected chi connectivity index (χ2v) is 8.05. The summed E-state index contributed by atoms with van der Waals surface area (Å²) in [6.07, 6.45) is 3.78. The average Bonchev–Trinajstić information content (AvgIpc) is 3.16. The van der Waals surface area contributed by atoms with Crippen LogP contribution in [0.5, 0.6) is 0 Å². The molecule has 0 unspecified atom stereocenters. The summed E-state index contributed by atoms with van der Waals surface area (Å²) in [6, 6.07) is 14.3. The molecule has 7 nitrogen and oxygen atoms in total. The normalized spacial score (nSPS) is 10.9. The Morgan fingerprint density at radius 1 is 0.968 bits per heavy atom. The summed E-state index contributed by atoms with van der Waals surface area (Å²) in [5.74, 6) is 1.16. The van der Waals surface area contributed by atoms with Crippen molar-refractivity contribution in [3.63, 3.8) is 0 Å². The van der Waals surface area contributed by atoms with Crippen molar-refractivity contribution in [2.75, 3.05) is 10.6 Å². The number of rotatable bonds is 7. The summed E-state index contributed by atoms with van der Waals surface area (Å²) in [4.78, 5) is 28.8. The Bertz CT molecular complexity index is 1040. The average molecular weight is 420 g/mol. The number of carbonyl (C=O) groups is 2. The van der Waals surface area contributed by atoms with Crippen LogP contribution in [-0.4, -0.2) is 27.5 Å². The molecule has 1 heterocycles. The molecule has 0 atom stereocenters. The van der Waals surface area contributed by atoms with Crippen molar-refractivity contribution in [2.45, 2.75) is 46.2 Å². The van der Waals surface area contributed by atoms with Crippen LogP contribution in [0.15, 0.2) is 60.9 Å². The lowest BCUT2D eigenvalue weighted by molar-refractivity contribution is 0.102. The van der Waals surface area contributed by atoms with Gasteiger partial charge in [0.25, 0.3) is 5.91 Å². The zero-order valence-corrected chi connectivity index (χ0v) is 18.3.